The summed E-state index contributed by atoms with van der Waals surface area (Å²) in [5.74, 6) is -0.403. The summed E-state index contributed by atoms with van der Waals surface area (Å²) in [6.45, 7) is 5.53. The average Bonchev–Trinajstić information content (AvgIpc) is 2.66. The van der Waals surface area contributed by atoms with E-state index in [2.05, 4.69) is 10.0 Å². The SMILES string of the molecule is Cc1ccc(NS(=O)(=O)c2ccc(C)c(C(=O)Nc3cc(Cl)ccc3C)c2)cc1. The van der Waals surface area contributed by atoms with Crippen molar-refractivity contribution in [2.75, 3.05) is 10.0 Å². The molecule has 0 spiro atoms. The maximum Gasteiger partial charge on any atom is 0.261 e. The van der Waals surface area contributed by atoms with Crippen LogP contribution in [0.4, 0.5) is 11.4 Å². The van der Waals surface area contributed by atoms with Gasteiger partial charge in [0, 0.05) is 22.0 Å². The first-order chi connectivity index (χ1) is 13.7. The quantitative estimate of drug-likeness (QED) is 0.577. The van der Waals surface area contributed by atoms with E-state index in [0.717, 1.165) is 11.1 Å². The van der Waals surface area contributed by atoms with Gasteiger partial charge in [0.2, 0.25) is 0 Å². The third-order valence-corrected chi connectivity index (χ3v) is 6.13. The van der Waals surface area contributed by atoms with Gasteiger partial charge in [0.15, 0.2) is 0 Å². The van der Waals surface area contributed by atoms with Crippen LogP contribution in [0.15, 0.2) is 65.6 Å². The Bertz CT molecular complexity index is 1170. The van der Waals surface area contributed by atoms with Crippen molar-refractivity contribution >= 4 is 38.9 Å². The second-order valence-electron chi connectivity index (χ2n) is 6.86. The van der Waals surface area contributed by atoms with Crippen LogP contribution in [0.25, 0.3) is 0 Å². The molecule has 1 amide bonds. The lowest BCUT2D eigenvalue weighted by Crippen LogP contribution is -2.17. The highest BCUT2D eigenvalue weighted by atomic mass is 35.5. The van der Waals surface area contributed by atoms with Crippen molar-refractivity contribution in [3.63, 3.8) is 0 Å². The first kappa shape index (κ1) is 20.9. The normalized spacial score (nSPS) is 11.2. The van der Waals surface area contributed by atoms with Crippen LogP contribution in [0, 0.1) is 20.8 Å². The highest BCUT2D eigenvalue weighted by molar-refractivity contribution is 7.92. The van der Waals surface area contributed by atoms with Gasteiger partial charge in [0.1, 0.15) is 0 Å². The Labute approximate surface area is 175 Å². The van der Waals surface area contributed by atoms with Gasteiger partial charge in [-0.2, -0.15) is 0 Å². The minimum absolute atomic E-state index is 0.0108. The van der Waals surface area contributed by atoms with Gasteiger partial charge in [0.05, 0.1) is 4.90 Å². The minimum Gasteiger partial charge on any atom is -0.322 e. The van der Waals surface area contributed by atoms with E-state index < -0.39 is 15.9 Å². The lowest BCUT2D eigenvalue weighted by Gasteiger charge is -2.13. The van der Waals surface area contributed by atoms with Gasteiger partial charge in [0.25, 0.3) is 15.9 Å². The molecule has 3 aromatic rings. The standard InChI is InChI=1S/C22H21ClN2O3S/c1-14-4-9-18(10-5-14)25-29(27,28)19-11-7-15(2)20(13-19)22(26)24-21-12-17(23)8-6-16(21)3/h4-13,25H,1-3H3,(H,24,26). The lowest BCUT2D eigenvalue weighted by atomic mass is 10.1. The number of carbonyl (C=O) groups excluding carboxylic acids is 1. The molecule has 0 bridgehead atoms. The van der Waals surface area contributed by atoms with Crippen LogP contribution in [-0.4, -0.2) is 14.3 Å². The van der Waals surface area contributed by atoms with Crippen molar-refractivity contribution in [3.8, 4) is 0 Å². The summed E-state index contributed by atoms with van der Waals surface area (Å²) in [4.78, 5) is 12.8. The van der Waals surface area contributed by atoms with E-state index in [1.165, 1.54) is 12.1 Å². The van der Waals surface area contributed by atoms with Crippen molar-refractivity contribution in [1.82, 2.24) is 0 Å². The fourth-order valence-electron chi connectivity index (χ4n) is 2.77. The Morgan fingerprint density at radius 2 is 1.52 bits per heavy atom. The van der Waals surface area contributed by atoms with E-state index in [4.69, 9.17) is 11.6 Å². The number of nitrogens with one attached hydrogen (secondary N) is 2. The maximum absolute atomic E-state index is 12.8. The number of hydrogen-bond donors (Lipinski definition) is 2. The van der Waals surface area contributed by atoms with E-state index in [1.807, 2.05) is 26.0 Å². The van der Waals surface area contributed by atoms with Crippen LogP contribution >= 0.6 is 11.6 Å². The van der Waals surface area contributed by atoms with Crippen molar-refractivity contribution in [2.45, 2.75) is 25.7 Å². The second kappa shape index (κ2) is 8.27. The highest BCUT2D eigenvalue weighted by Gasteiger charge is 2.19. The lowest BCUT2D eigenvalue weighted by molar-refractivity contribution is 0.102. The molecule has 3 rings (SSSR count). The monoisotopic (exact) mass is 428 g/mol. The number of sulfonamides is 1. The molecule has 0 unspecified atom stereocenters. The molecule has 0 aromatic heterocycles. The zero-order valence-corrected chi connectivity index (χ0v) is 17.9. The first-order valence-corrected chi connectivity index (χ1v) is 10.8. The summed E-state index contributed by atoms with van der Waals surface area (Å²) >= 11 is 6.01. The molecule has 29 heavy (non-hydrogen) atoms. The van der Waals surface area contributed by atoms with Crippen molar-refractivity contribution in [2.24, 2.45) is 0 Å². The van der Waals surface area contributed by atoms with E-state index in [1.54, 1.807) is 43.3 Å². The van der Waals surface area contributed by atoms with Crippen LogP contribution in [0.3, 0.4) is 0 Å². The Hall–Kier alpha value is -2.83. The largest absolute Gasteiger partial charge is 0.322 e. The maximum atomic E-state index is 12.8. The third-order valence-electron chi connectivity index (χ3n) is 4.52. The molecule has 0 saturated carbocycles. The molecule has 0 aliphatic carbocycles. The molecule has 0 radical (unpaired) electrons. The number of aryl methyl sites for hydroxylation is 3. The van der Waals surface area contributed by atoms with Crippen molar-refractivity contribution in [3.05, 3.63) is 87.9 Å². The molecular formula is C22H21ClN2O3S. The van der Waals surface area contributed by atoms with Crippen LogP contribution in [-0.2, 0) is 10.0 Å². The molecule has 5 nitrogen and oxygen atoms in total. The summed E-state index contributed by atoms with van der Waals surface area (Å²) < 4.78 is 28.1. The van der Waals surface area contributed by atoms with Gasteiger partial charge in [-0.15, -0.1) is 0 Å². The fourth-order valence-corrected chi connectivity index (χ4v) is 4.02. The topological polar surface area (TPSA) is 75.3 Å². The molecule has 0 aliphatic heterocycles. The summed E-state index contributed by atoms with van der Waals surface area (Å²) in [5.41, 5.74) is 3.85. The summed E-state index contributed by atoms with van der Waals surface area (Å²) in [5, 5.41) is 3.31. The smallest absolute Gasteiger partial charge is 0.261 e. The van der Waals surface area contributed by atoms with Gasteiger partial charge in [-0.3, -0.25) is 9.52 Å². The van der Waals surface area contributed by atoms with Crippen molar-refractivity contribution in [1.29, 1.82) is 0 Å². The van der Waals surface area contributed by atoms with Gasteiger partial charge in [-0.25, -0.2) is 8.42 Å². The number of rotatable bonds is 5. The minimum atomic E-state index is -3.84. The van der Waals surface area contributed by atoms with E-state index in [0.29, 0.717) is 22.0 Å². The van der Waals surface area contributed by atoms with Gasteiger partial charge < -0.3 is 5.32 Å². The molecule has 0 aliphatic rings. The molecule has 7 heteroatoms. The van der Waals surface area contributed by atoms with Gasteiger partial charge >= 0.3 is 0 Å². The number of carbonyl (C=O) groups is 1. The summed E-state index contributed by atoms with van der Waals surface area (Å²) in [7, 11) is -3.84. The summed E-state index contributed by atoms with van der Waals surface area (Å²) in [6.07, 6.45) is 0. The second-order valence-corrected chi connectivity index (χ2v) is 8.98. The number of amides is 1. The molecule has 3 aromatic carbocycles. The Kier molecular flexibility index (Phi) is 5.96. The van der Waals surface area contributed by atoms with E-state index in [-0.39, 0.29) is 10.5 Å². The van der Waals surface area contributed by atoms with Crippen LogP contribution < -0.4 is 10.0 Å². The molecule has 0 atom stereocenters. The molecule has 150 valence electrons. The number of halogens is 1. The van der Waals surface area contributed by atoms with E-state index >= 15 is 0 Å². The molecule has 0 heterocycles. The van der Waals surface area contributed by atoms with E-state index in [9.17, 15) is 13.2 Å². The molecule has 0 saturated heterocycles. The third kappa shape index (κ3) is 4.96. The Balaban J connectivity index is 1.89. The average molecular weight is 429 g/mol. The number of anilines is 2. The first-order valence-electron chi connectivity index (χ1n) is 8.93. The zero-order valence-electron chi connectivity index (χ0n) is 16.3. The van der Waals surface area contributed by atoms with Crippen LogP contribution in [0.1, 0.15) is 27.0 Å². The number of hydrogen-bond acceptors (Lipinski definition) is 3. The molecular weight excluding hydrogens is 408 g/mol. The van der Waals surface area contributed by atoms with Gasteiger partial charge in [-0.1, -0.05) is 41.4 Å². The zero-order chi connectivity index (χ0) is 21.2. The predicted octanol–water partition coefficient (Wildman–Crippen LogP) is 5.32. The van der Waals surface area contributed by atoms with Crippen LogP contribution in [0.5, 0.6) is 0 Å². The highest BCUT2D eigenvalue weighted by Crippen LogP contribution is 2.23. The van der Waals surface area contributed by atoms with Gasteiger partial charge in [-0.05, 0) is 68.3 Å². The molecule has 0 fully saturated rings. The fraction of sp³-hybridized carbons (Fsp3) is 0.136. The molecule has 2 N–H and O–H groups in total. The number of benzene rings is 3. The Morgan fingerprint density at radius 3 is 2.21 bits per heavy atom. The van der Waals surface area contributed by atoms with Crippen LogP contribution in [0.2, 0.25) is 5.02 Å². The van der Waals surface area contributed by atoms with Crippen molar-refractivity contribution < 1.29 is 13.2 Å². The Morgan fingerprint density at radius 1 is 0.862 bits per heavy atom. The summed E-state index contributed by atoms with van der Waals surface area (Å²) in [6, 6.07) is 16.7. The predicted molar refractivity (Wildman–Crippen MR) is 117 cm³/mol.